The lowest BCUT2D eigenvalue weighted by Crippen LogP contribution is -2.10. The van der Waals surface area contributed by atoms with E-state index in [4.69, 9.17) is 5.73 Å². The quantitative estimate of drug-likeness (QED) is 0.642. The largest absolute Gasteiger partial charge is 0.494 e. The van der Waals surface area contributed by atoms with Crippen molar-refractivity contribution in [1.82, 2.24) is 0 Å². The molecule has 0 saturated heterocycles. The molecule has 0 aliphatic heterocycles. The average molecular weight is 354 g/mol. The first-order valence-corrected chi connectivity index (χ1v) is 7.46. The van der Waals surface area contributed by atoms with Crippen LogP contribution in [0.1, 0.15) is 31.2 Å². The number of thiophene rings is 1. The monoisotopic (exact) mass is 354 g/mol. The number of carbonyl (C=O) groups is 1. The van der Waals surface area contributed by atoms with Crippen LogP contribution in [0.25, 0.3) is 0 Å². The number of amides is 1. The molecule has 1 aromatic carbocycles. The second kappa shape index (κ2) is 6.48. The number of rotatable bonds is 4. The molecule has 2 aromatic rings. The molecule has 0 bridgehead atoms. The van der Waals surface area contributed by atoms with E-state index in [1.807, 2.05) is 0 Å². The van der Waals surface area contributed by atoms with Crippen molar-refractivity contribution in [2.45, 2.75) is 13.1 Å². The van der Waals surface area contributed by atoms with Gasteiger partial charge in [0.25, 0.3) is 5.91 Å². The fraction of sp³-hybridized carbons (Fsp3) is 0.125. The lowest BCUT2D eigenvalue weighted by molar-refractivity contribution is -0.137. The summed E-state index contributed by atoms with van der Waals surface area (Å²) in [5.41, 5.74) is 5.01. The number of nitrogens with zero attached hydrogens (tertiary/aromatic N) is 1. The Kier molecular flexibility index (Phi) is 4.79. The lowest BCUT2D eigenvalue weighted by atomic mass is 10.0. The van der Waals surface area contributed by atoms with Crippen LogP contribution in [0.2, 0.25) is 0 Å². The lowest BCUT2D eigenvalue weighted by Gasteiger charge is -2.11. The molecule has 24 heavy (non-hydrogen) atoms. The summed E-state index contributed by atoms with van der Waals surface area (Å²) in [5, 5.41) is 9.39. The highest BCUT2D eigenvalue weighted by molar-refractivity contribution is 7.14. The first-order valence-electron chi connectivity index (χ1n) is 6.64. The fourth-order valence-electron chi connectivity index (χ4n) is 2.09. The summed E-state index contributed by atoms with van der Waals surface area (Å²) in [6.45, 7) is 4.92. The van der Waals surface area contributed by atoms with Crippen LogP contribution in [0.15, 0.2) is 47.8 Å². The van der Waals surface area contributed by atoms with Crippen LogP contribution < -0.4 is 5.73 Å². The Morgan fingerprint density at radius 1 is 1.33 bits per heavy atom. The van der Waals surface area contributed by atoms with E-state index in [1.165, 1.54) is 18.2 Å². The van der Waals surface area contributed by atoms with Gasteiger partial charge in [-0.25, -0.2) is 4.99 Å². The summed E-state index contributed by atoms with van der Waals surface area (Å²) in [4.78, 5) is 16.0. The molecule has 0 spiro atoms. The maximum Gasteiger partial charge on any atom is 0.416 e. The van der Waals surface area contributed by atoms with Gasteiger partial charge in [0.05, 0.1) is 16.2 Å². The molecule has 1 amide bonds. The number of hydrogen-bond acceptors (Lipinski definition) is 4. The van der Waals surface area contributed by atoms with Crippen molar-refractivity contribution in [3.8, 4) is 0 Å². The minimum absolute atomic E-state index is 0.0786. The highest BCUT2D eigenvalue weighted by atomic mass is 32.1. The van der Waals surface area contributed by atoms with Gasteiger partial charge in [0.2, 0.25) is 5.88 Å². The minimum Gasteiger partial charge on any atom is -0.494 e. The third-order valence-corrected chi connectivity index (χ3v) is 4.18. The predicted octanol–water partition coefficient (Wildman–Crippen LogP) is 4.04. The Morgan fingerprint density at radius 2 is 2.00 bits per heavy atom. The fourth-order valence-corrected chi connectivity index (χ4v) is 2.96. The molecular formula is C16H13F3N2O2S. The highest BCUT2D eigenvalue weighted by Crippen LogP contribution is 2.31. The molecule has 0 aliphatic carbocycles. The molecule has 8 heteroatoms. The van der Waals surface area contributed by atoms with Gasteiger partial charge in [-0.2, -0.15) is 13.2 Å². The zero-order valence-electron chi connectivity index (χ0n) is 12.5. The van der Waals surface area contributed by atoms with E-state index in [1.54, 1.807) is 6.92 Å². The van der Waals surface area contributed by atoms with Crippen molar-refractivity contribution in [2.75, 3.05) is 0 Å². The summed E-state index contributed by atoms with van der Waals surface area (Å²) in [7, 11) is 0. The van der Waals surface area contributed by atoms with Gasteiger partial charge in [-0.1, -0.05) is 12.1 Å². The van der Waals surface area contributed by atoms with Gasteiger partial charge in [-0.05, 0) is 31.7 Å². The van der Waals surface area contributed by atoms with E-state index in [0.29, 0.717) is 10.4 Å². The maximum atomic E-state index is 12.9. The number of aryl methyl sites for hydroxylation is 1. The topological polar surface area (TPSA) is 75.7 Å². The van der Waals surface area contributed by atoms with E-state index < -0.39 is 23.5 Å². The Bertz CT molecular complexity index is 838. The van der Waals surface area contributed by atoms with Gasteiger partial charge < -0.3 is 10.8 Å². The molecule has 0 aliphatic rings. The first-order chi connectivity index (χ1) is 11.1. The Balaban J connectivity index is 2.64. The van der Waals surface area contributed by atoms with Crippen LogP contribution >= 0.6 is 11.3 Å². The number of primary amides is 1. The van der Waals surface area contributed by atoms with Gasteiger partial charge in [0.15, 0.2) is 0 Å². The molecular weight excluding hydrogens is 341 g/mol. The van der Waals surface area contributed by atoms with E-state index in [0.717, 1.165) is 23.5 Å². The Labute approximate surface area is 139 Å². The number of aliphatic hydroxyl groups excluding tert-OH is 1. The summed E-state index contributed by atoms with van der Waals surface area (Å²) in [5.74, 6) is -1.21. The average Bonchev–Trinajstić information content (AvgIpc) is 2.86. The number of halogens is 3. The molecule has 2 rings (SSSR count). The Hall–Kier alpha value is -2.61. The second-order valence-corrected chi connectivity index (χ2v) is 6.16. The molecule has 1 aromatic heterocycles. The third kappa shape index (κ3) is 3.83. The van der Waals surface area contributed by atoms with Gasteiger partial charge >= 0.3 is 6.18 Å². The molecule has 126 valence electrons. The van der Waals surface area contributed by atoms with Crippen molar-refractivity contribution < 1.29 is 23.1 Å². The molecule has 0 radical (unpaired) electrons. The first kappa shape index (κ1) is 17.7. The van der Waals surface area contributed by atoms with Gasteiger partial charge in [-0.15, -0.1) is 11.3 Å². The molecule has 3 N–H and O–H groups in total. The van der Waals surface area contributed by atoms with Crippen molar-refractivity contribution in [2.24, 2.45) is 10.7 Å². The normalized spacial score (nSPS) is 12.2. The van der Waals surface area contributed by atoms with E-state index in [-0.39, 0.29) is 16.2 Å². The second-order valence-electron chi connectivity index (χ2n) is 4.90. The summed E-state index contributed by atoms with van der Waals surface area (Å²) >= 11 is 1.09. The highest BCUT2D eigenvalue weighted by Gasteiger charge is 2.31. The number of carbonyl (C=O) groups excluding carboxylic acids is 1. The van der Waals surface area contributed by atoms with Crippen LogP contribution in [0.4, 0.5) is 13.2 Å². The summed E-state index contributed by atoms with van der Waals surface area (Å²) < 4.78 is 38.8. The number of hydrogen-bond donors (Lipinski definition) is 2. The van der Waals surface area contributed by atoms with Crippen LogP contribution in [0.3, 0.4) is 0 Å². The number of aliphatic hydroxyl groups is 1. The van der Waals surface area contributed by atoms with Crippen LogP contribution in [-0.4, -0.2) is 16.7 Å². The third-order valence-electron chi connectivity index (χ3n) is 3.12. The molecule has 0 fully saturated rings. The van der Waals surface area contributed by atoms with E-state index >= 15 is 0 Å². The van der Waals surface area contributed by atoms with Gasteiger partial charge in [-0.3, -0.25) is 4.79 Å². The number of aliphatic imine (C=N–C) groups is 1. The number of benzene rings is 1. The van der Waals surface area contributed by atoms with Crippen LogP contribution in [-0.2, 0) is 6.18 Å². The summed E-state index contributed by atoms with van der Waals surface area (Å²) in [6.07, 6.45) is -4.51. The number of alkyl halides is 3. The zero-order valence-corrected chi connectivity index (χ0v) is 13.3. The molecule has 1 heterocycles. The van der Waals surface area contributed by atoms with Crippen molar-refractivity contribution in [3.63, 3.8) is 0 Å². The minimum atomic E-state index is -4.51. The molecule has 0 atom stereocenters. The number of nitrogens with two attached hydrogens (primary N) is 1. The van der Waals surface area contributed by atoms with E-state index in [2.05, 4.69) is 11.6 Å². The van der Waals surface area contributed by atoms with Crippen molar-refractivity contribution >= 4 is 23.0 Å². The molecule has 0 saturated carbocycles. The predicted molar refractivity (Wildman–Crippen MR) is 86.4 cm³/mol. The van der Waals surface area contributed by atoms with Gasteiger partial charge in [0, 0.05) is 16.0 Å². The zero-order chi connectivity index (χ0) is 18.1. The SMILES string of the molecule is C=C(O)/N=C(/c1cccc(C(F)(F)F)c1)c1cc(C(N)=O)sc1C. The maximum absolute atomic E-state index is 12.9. The van der Waals surface area contributed by atoms with Crippen LogP contribution in [0.5, 0.6) is 0 Å². The summed E-state index contributed by atoms with van der Waals surface area (Å²) in [6, 6.07) is 5.96. The standard InChI is InChI=1S/C16H13F3N2O2S/c1-8-12(7-13(24-8)15(20)23)14(21-9(2)22)10-4-3-5-11(6-10)16(17,18)19/h3-7,22H,2H2,1H3,(H2,20,23)/b21-14-. The van der Waals surface area contributed by atoms with Crippen molar-refractivity contribution in [1.29, 1.82) is 0 Å². The van der Waals surface area contributed by atoms with Crippen LogP contribution in [0, 0.1) is 6.92 Å². The Morgan fingerprint density at radius 3 is 2.50 bits per heavy atom. The molecule has 4 nitrogen and oxygen atoms in total. The smallest absolute Gasteiger partial charge is 0.416 e. The van der Waals surface area contributed by atoms with Crippen molar-refractivity contribution in [3.05, 3.63) is 69.2 Å². The molecule has 0 unspecified atom stereocenters. The van der Waals surface area contributed by atoms with Gasteiger partial charge in [0.1, 0.15) is 0 Å². The van der Waals surface area contributed by atoms with E-state index in [9.17, 15) is 23.1 Å².